The van der Waals surface area contributed by atoms with E-state index in [4.69, 9.17) is 16.7 Å². The fourth-order valence-electron chi connectivity index (χ4n) is 2.59. The highest BCUT2D eigenvalue weighted by atomic mass is 35.5. The maximum Gasteiger partial charge on any atom is 0.303 e. The minimum atomic E-state index is -0.854. The van der Waals surface area contributed by atoms with Gasteiger partial charge in [0.2, 0.25) is 0 Å². The summed E-state index contributed by atoms with van der Waals surface area (Å²) < 4.78 is 0. The lowest BCUT2D eigenvalue weighted by Gasteiger charge is -2.21. The van der Waals surface area contributed by atoms with Crippen LogP contribution in [0.25, 0.3) is 10.9 Å². The molecule has 0 spiro atoms. The summed E-state index contributed by atoms with van der Waals surface area (Å²) in [6.45, 7) is 5.58. The zero-order valence-corrected chi connectivity index (χ0v) is 14.3. The fraction of sp³-hybridized carbons (Fsp3) is 0.389. The predicted octanol–water partition coefficient (Wildman–Crippen LogP) is 4.66. The molecule has 0 fully saturated rings. The van der Waals surface area contributed by atoms with E-state index in [9.17, 15) is 9.59 Å². The Morgan fingerprint density at radius 2 is 1.96 bits per heavy atom. The summed E-state index contributed by atoms with van der Waals surface area (Å²) in [5, 5.41) is 10.3. The molecule has 0 aliphatic rings. The highest BCUT2D eigenvalue weighted by Crippen LogP contribution is 2.29. The summed E-state index contributed by atoms with van der Waals surface area (Å²) in [7, 11) is 0. The van der Waals surface area contributed by atoms with Gasteiger partial charge in [-0.05, 0) is 37.0 Å². The maximum absolute atomic E-state index is 12.6. The number of ketones is 1. The molecule has 5 heteroatoms. The molecule has 23 heavy (non-hydrogen) atoms. The van der Waals surface area contributed by atoms with Crippen LogP contribution in [0.2, 0.25) is 5.02 Å². The van der Waals surface area contributed by atoms with Gasteiger partial charge in [-0.3, -0.25) is 14.6 Å². The third-order valence-electron chi connectivity index (χ3n) is 3.86. The molecule has 0 atom stereocenters. The van der Waals surface area contributed by atoms with Crippen LogP contribution in [0, 0.1) is 12.3 Å². The number of carbonyl (C=O) groups excluding carboxylic acids is 1. The Bertz CT molecular complexity index is 768. The number of hydrogen-bond acceptors (Lipinski definition) is 3. The number of hydrogen-bond donors (Lipinski definition) is 1. The SMILES string of the molecule is Cc1ccc2cc(Cl)cc(C(=O)CCC(C)(C)CC(=O)O)c2n1. The molecule has 1 N–H and O–H groups in total. The number of carbonyl (C=O) groups is 2. The average Bonchev–Trinajstić information content (AvgIpc) is 2.43. The molecular formula is C18H20ClNO3. The van der Waals surface area contributed by atoms with Crippen LogP contribution in [-0.4, -0.2) is 21.8 Å². The topological polar surface area (TPSA) is 67.3 Å². The third-order valence-corrected chi connectivity index (χ3v) is 4.07. The van der Waals surface area contributed by atoms with Gasteiger partial charge in [0, 0.05) is 28.1 Å². The van der Waals surface area contributed by atoms with Gasteiger partial charge in [0.15, 0.2) is 5.78 Å². The Morgan fingerprint density at radius 3 is 2.61 bits per heavy atom. The first-order valence-electron chi connectivity index (χ1n) is 7.50. The van der Waals surface area contributed by atoms with Crippen molar-refractivity contribution in [2.24, 2.45) is 5.41 Å². The first kappa shape index (κ1) is 17.4. The van der Waals surface area contributed by atoms with E-state index in [1.165, 1.54) is 0 Å². The van der Waals surface area contributed by atoms with Crippen molar-refractivity contribution in [1.82, 2.24) is 4.98 Å². The summed E-state index contributed by atoms with van der Waals surface area (Å²) in [5.74, 6) is -0.915. The Balaban J connectivity index is 2.27. The lowest BCUT2D eigenvalue weighted by molar-refractivity contribution is -0.139. The van der Waals surface area contributed by atoms with Crippen molar-refractivity contribution < 1.29 is 14.7 Å². The van der Waals surface area contributed by atoms with Crippen LogP contribution in [0.4, 0.5) is 0 Å². The van der Waals surface area contributed by atoms with E-state index in [2.05, 4.69) is 4.98 Å². The number of carboxylic acid groups (broad SMARTS) is 1. The molecular weight excluding hydrogens is 314 g/mol. The van der Waals surface area contributed by atoms with Gasteiger partial charge in [0.05, 0.1) is 11.9 Å². The standard InChI is InChI=1S/C18H20ClNO3/c1-11-4-5-12-8-13(19)9-14(17(12)20-11)15(21)6-7-18(2,3)10-16(22)23/h4-5,8-9H,6-7,10H2,1-3H3,(H,22,23). The smallest absolute Gasteiger partial charge is 0.303 e. The van der Waals surface area contributed by atoms with Gasteiger partial charge in [-0.15, -0.1) is 0 Å². The van der Waals surface area contributed by atoms with Crippen molar-refractivity contribution in [2.45, 2.75) is 40.0 Å². The molecule has 0 aliphatic heterocycles. The predicted molar refractivity (Wildman–Crippen MR) is 91.1 cm³/mol. The number of halogens is 1. The summed E-state index contributed by atoms with van der Waals surface area (Å²) >= 11 is 6.11. The largest absolute Gasteiger partial charge is 0.481 e. The van der Waals surface area contributed by atoms with E-state index in [0.717, 1.165) is 11.1 Å². The Hall–Kier alpha value is -1.94. The van der Waals surface area contributed by atoms with E-state index in [0.29, 0.717) is 22.5 Å². The second-order valence-corrected chi connectivity index (χ2v) is 7.07. The highest BCUT2D eigenvalue weighted by molar-refractivity contribution is 6.32. The number of carboxylic acids is 1. The number of Topliss-reactive ketones (excluding diaryl/α,β-unsaturated/α-hetero) is 1. The lowest BCUT2D eigenvalue weighted by atomic mass is 9.83. The highest BCUT2D eigenvalue weighted by Gasteiger charge is 2.24. The van der Waals surface area contributed by atoms with Gasteiger partial charge in [-0.2, -0.15) is 0 Å². The van der Waals surface area contributed by atoms with Crippen molar-refractivity contribution in [3.63, 3.8) is 0 Å². The lowest BCUT2D eigenvalue weighted by Crippen LogP contribution is -2.18. The molecule has 4 nitrogen and oxygen atoms in total. The number of nitrogens with zero attached hydrogens (tertiary/aromatic N) is 1. The molecule has 0 saturated carbocycles. The van der Waals surface area contributed by atoms with Crippen LogP contribution < -0.4 is 0 Å². The summed E-state index contributed by atoms with van der Waals surface area (Å²) in [6.07, 6.45) is 0.803. The van der Waals surface area contributed by atoms with E-state index >= 15 is 0 Å². The van der Waals surface area contributed by atoms with Crippen molar-refractivity contribution >= 4 is 34.3 Å². The van der Waals surface area contributed by atoms with Crippen LogP contribution in [-0.2, 0) is 4.79 Å². The fourth-order valence-corrected chi connectivity index (χ4v) is 2.82. The van der Waals surface area contributed by atoms with Gasteiger partial charge in [-0.25, -0.2) is 0 Å². The molecule has 122 valence electrons. The molecule has 0 bridgehead atoms. The van der Waals surface area contributed by atoms with E-state index in [1.807, 2.05) is 32.9 Å². The van der Waals surface area contributed by atoms with Crippen LogP contribution in [0.1, 0.15) is 49.2 Å². The van der Waals surface area contributed by atoms with Gasteiger partial charge in [0.25, 0.3) is 0 Å². The molecule has 2 aromatic rings. The minimum absolute atomic E-state index is 0.0356. The Kier molecular flexibility index (Phi) is 5.05. The first-order valence-corrected chi connectivity index (χ1v) is 7.88. The summed E-state index contributed by atoms with van der Waals surface area (Å²) in [6, 6.07) is 7.20. The summed E-state index contributed by atoms with van der Waals surface area (Å²) in [5.41, 5.74) is 1.55. The van der Waals surface area contributed by atoms with E-state index in [-0.39, 0.29) is 18.6 Å². The van der Waals surface area contributed by atoms with Crippen LogP contribution in [0.3, 0.4) is 0 Å². The number of benzene rings is 1. The van der Waals surface area contributed by atoms with Crippen molar-refractivity contribution in [1.29, 1.82) is 0 Å². The Labute approximate surface area is 140 Å². The average molecular weight is 334 g/mol. The molecule has 0 unspecified atom stereocenters. The number of aromatic nitrogens is 1. The number of rotatable bonds is 6. The van der Waals surface area contributed by atoms with Crippen LogP contribution in [0.5, 0.6) is 0 Å². The molecule has 0 saturated heterocycles. The molecule has 0 radical (unpaired) electrons. The number of aryl methyl sites for hydroxylation is 1. The van der Waals surface area contributed by atoms with Gasteiger partial charge in [-0.1, -0.05) is 31.5 Å². The summed E-state index contributed by atoms with van der Waals surface area (Å²) in [4.78, 5) is 27.9. The van der Waals surface area contributed by atoms with Crippen LogP contribution in [0.15, 0.2) is 24.3 Å². The zero-order chi connectivity index (χ0) is 17.2. The first-order chi connectivity index (χ1) is 10.7. The van der Waals surface area contributed by atoms with Gasteiger partial charge in [0.1, 0.15) is 0 Å². The number of aliphatic carboxylic acids is 1. The van der Waals surface area contributed by atoms with Crippen LogP contribution >= 0.6 is 11.6 Å². The Morgan fingerprint density at radius 1 is 1.26 bits per heavy atom. The second-order valence-electron chi connectivity index (χ2n) is 6.64. The van der Waals surface area contributed by atoms with Crippen molar-refractivity contribution in [3.05, 3.63) is 40.5 Å². The monoisotopic (exact) mass is 333 g/mol. The van der Waals surface area contributed by atoms with Crippen molar-refractivity contribution in [3.8, 4) is 0 Å². The van der Waals surface area contributed by atoms with Crippen molar-refractivity contribution in [2.75, 3.05) is 0 Å². The maximum atomic E-state index is 12.6. The van der Waals surface area contributed by atoms with Gasteiger partial charge < -0.3 is 5.11 Å². The minimum Gasteiger partial charge on any atom is -0.481 e. The molecule has 2 rings (SSSR count). The molecule has 0 aliphatic carbocycles. The zero-order valence-electron chi connectivity index (χ0n) is 13.5. The molecule has 1 aromatic carbocycles. The number of fused-ring (bicyclic) bond motifs is 1. The van der Waals surface area contributed by atoms with Gasteiger partial charge >= 0.3 is 5.97 Å². The third kappa shape index (κ3) is 4.52. The molecule has 1 heterocycles. The quantitative estimate of drug-likeness (QED) is 0.780. The van der Waals surface area contributed by atoms with E-state index in [1.54, 1.807) is 12.1 Å². The normalized spacial score (nSPS) is 11.7. The second kappa shape index (κ2) is 6.67. The van der Waals surface area contributed by atoms with E-state index < -0.39 is 11.4 Å². The molecule has 0 amide bonds. The number of pyridine rings is 1. The molecule has 1 aromatic heterocycles.